The van der Waals surface area contributed by atoms with Crippen LogP contribution in [0.25, 0.3) is 0 Å². The van der Waals surface area contributed by atoms with E-state index in [0.717, 1.165) is 6.42 Å². The van der Waals surface area contributed by atoms with E-state index in [2.05, 4.69) is 10.6 Å². The zero-order valence-corrected chi connectivity index (χ0v) is 15.1. The van der Waals surface area contributed by atoms with Crippen molar-refractivity contribution >= 4 is 23.2 Å². The van der Waals surface area contributed by atoms with Crippen LogP contribution in [0.3, 0.4) is 0 Å². The monoisotopic (exact) mass is 371 g/mol. The van der Waals surface area contributed by atoms with E-state index in [1.807, 2.05) is 13.8 Å². The lowest BCUT2D eigenvalue weighted by atomic mass is 10.2. The third kappa shape index (κ3) is 6.10. The summed E-state index contributed by atoms with van der Waals surface area (Å²) in [7, 11) is 0. The molecule has 142 valence electrons. The van der Waals surface area contributed by atoms with Gasteiger partial charge in [0, 0.05) is 29.4 Å². The van der Waals surface area contributed by atoms with Crippen LogP contribution in [-0.4, -0.2) is 29.4 Å². The Labute approximate surface area is 156 Å². The van der Waals surface area contributed by atoms with Crippen molar-refractivity contribution < 1.29 is 19.2 Å². The van der Waals surface area contributed by atoms with Gasteiger partial charge in [0.15, 0.2) is 6.61 Å². The molecule has 0 unspecified atom stereocenters. The molecule has 0 aliphatic rings. The molecule has 2 N–H and O–H groups in total. The van der Waals surface area contributed by atoms with Crippen LogP contribution in [0.4, 0.5) is 11.4 Å². The largest absolute Gasteiger partial charge is 0.484 e. The van der Waals surface area contributed by atoms with Gasteiger partial charge in [-0.05, 0) is 43.7 Å². The molecule has 0 fully saturated rings. The number of benzene rings is 2. The lowest BCUT2D eigenvalue weighted by Crippen LogP contribution is -2.35. The summed E-state index contributed by atoms with van der Waals surface area (Å²) in [6.07, 6.45) is 0.838. The summed E-state index contributed by atoms with van der Waals surface area (Å²) in [5.41, 5.74) is 0.538. The second-order valence-corrected chi connectivity index (χ2v) is 5.95. The molecular formula is C19H21N3O5. The Morgan fingerprint density at radius 2 is 1.89 bits per heavy atom. The number of amides is 2. The molecule has 27 heavy (non-hydrogen) atoms. The van der Waals surface area contributed by atoms with Crippen molar-refractivity contribution in [2.24, 2.45) is 0 Å². The SMILES string of the molecule is CC[C@@H](C)NC(=O)COc1ccc(NC(=O)c2cccc([N+](=O)[O-])c2)cc1. The molecule has 8 nitrogen and oxygen atoms in total. The average molecular weight is 371 g/mol. The molecule has 2 aromatic rings. The zero-order valence-electron chi connectivity index (χ0n) is 15.1. The maximum absolute atomic E-state index is 12.2. The van der Waals surface area contributed by atoms with E-state index in [-0.39, 0.29) is 29.8 Å². The number of nitrogens with zero attached hydrogens (tertiary/aromatic N) is 1. The zero-order chi connectivity index (χ0) is 19.8. The number of anilines is 1. The van der Waals surface area contributed by atoms with Gasteiger partial charge in [-0.25, -0.2) is 0 Å². The Kier molecular flexibility index (Phi) is 6.87. The summed E-state index contributed by atoms with van der Waals surface area (Å²) in [5, 5.41) is 16.2. The van der Waals surface area contributed by atoms with Crippen LogP contribution < -0.4 is 15.4 Å². The molecule has 0 bridgehead atoms. The molecule has 2 aromatic carbocycles. The molecule has 0 radical (unpaired) electrons. The van der Waals surface area contributed by atoms with Gasteiger partial charge in [-0.1, -0.05) is 13.0 Å². The molecule has 0 saturated heterocycles. The Balaban J connectivity index is 1.91. The predicted octanol–water partition coefficient (Wildman–Crippen LogP) is 3.14. The van der Waals surface area contributed by atoms with Gasteiger partial charge >= 0.3 is 0 Å². The highest BCUT2D eigenvalue weighted by molar-refractivity contribution is 6.04. The molecular weight excluding hydrogens is 350 g/mol. The molecule has 1 atom stereocenters. The number of carbonyl (C=O) groups is 2. The highest BCUT2D eigenvalue weighted by Crippen LogP contribution is 2.18. The van der Waals surface area contributed by atoms with E-state index < -0.39 is 10.8 Å². The minimum absolute atomic E-state index is 0.0903. The number of non-ortho nitro benzene ring substituents is 1. The van der Waals surface area contributed by atoms with Gasteiger partial charge in [0.05, 0.1) is 4.92 Å². The van der Waals surface area contributed by atoms with Crippen LogP contribution in [0.1, 0.15) is 30.6 Å². The van der Waals surface area contributed by atoms with Crippen LogP contribution in [0, 0.1) is 10.1 Å². The Morgan fingerprint density at radius 1 is 1.19 bits per heavy atom. The topological polar surface area (TPSA) is 111 Å². The lowest BCUT2D eigenvalue weighted by Gasteiger charge is -2.12. The van der Waals surface area contributed by atoms with Crippen LogP contribution in [-0.2, 0) is 4.79 Å². The molecule has 2 rings (SSSR count). The number of hydrogen-bond donors (Lipinski definition) is 2. The summed E-state index contributed by atoms with van der Waals surface area (Å²) in [5.74, 6) is -0.171. The molecule has 0 aromatic heterocycles. The third-order valence-electron chi connectivity index (χ3n) is 3.82. The van der Waals surface area contributed by atoms with Crippen molar-refractivity contribution in [1.82, 2.24) is 5.32 Å². The van der Waals surface area contributed by atoms with Crippen LogP contribution in [0.5, 0.6) is 5.75 Å². The standard InChI is InChI=1S/C19H21N3O5/c1-3-13(2)20-18(23)12-27-17-9-7-15(8-10-17)21-19(24)14-5-4-6-16(11-14)22(25)26/h4-11,13H,3,12H2,1-2H3,(H,20,23)(H,21,24)/t13-/m1/s1. The summed E-state index contributed by atoms with van der Waals surface area (Å²) in [4.78, 5) is 34.1. The van der Waals surface area contributed by atoms with Gasteiger partial charge in [-0.15, -0.1) is 0 Å². The molecule has 0 spiro atoms. The van der Waals surface area contributed by atoms with Crippen molar-refractivity contribution in [3.8, 4) is 5.75 Å². The van der Waals surface area contributed by atoms with Crippen molar-refractivity contribution in [1.29, 1.82) is 0 Å². The Bertz CT molecular complexity index is 820. The van der Waals surface area contributed by atoms with Crippen molar-refractivity contribution in [2.75, 3.05) is 11.9 Å². The van der Waals surface area contributed by atoms with Gasteiger partial charge in [-0.2, -0.15) is 0 Å². The predicted molar refractivity (Wildman–Crippen MR) is 101 cm³/mol. The minimum atomic E-state index is -0.555. The molecule has 0 aliphatic heterocycles. The number of rotatable bonds is 8. The van der Waals surface area contributed by atoms with Crippen LogP contribution >= 0.6 is 0 Å². The first-order chi connectivity index (χ1) is 12.9. The van der Waals surface area contributed by atoms with Gasteiger partial charge in [0.1, 0.15) is 5.75 Å². The lowest BCUT2D eigenvalue weighted by molar-refractivity contribution is -0.384. The van der Waals surface area contributed by atoms with Crippen LogP contribution in [0.2, 0.25) is 0 Å². The van der Waals surface area contributed by atoms with Crippen molar-refractivity contribution in [3.63, 3.8) is 0 Å². The fourth-order valence-electron chi connectivity index (χ4n) is 2.17. The first-order valence-electron chi connectivity index (χ1n) is 8.47. The summed E-state index contributed by atoms with van der Waals surface area (Å²) in [6.45, 7) is 3.80. The second-order valence-electron chi connectivity index (χ2n) is 5.95. The number of nitro benzene ring substituents is 1. The van der Waals surface area contributed by atoms with Gasteiger partial charge in [0.25, 0.3) is 17.5 Å². The van der Waals surface area contributed by atoms with Crippen molar-refractivity contribution in [2.45, 2.75) is 26.3 Å². The molecule has 0 heterocycles. The highest BCUT2D eigenvalue weighted by atomic mass is 16.6. The third-order valence-corrected chi connectivity index (χ3v) is 3.82. The number of hydrogen-bond acceptors (Lipinski definition) is 5. The van der Waals surface area contributed by atoms with Gasteiger partial charge in [0.2, 0.25) is 0 Å². The van der Waals surface area contributed by atoms with Gasteiger partial charge in [-0.3, -0.25) is 19.7 Å². The second kappa shape index (κ2) is 9.33. The number of carbonyl (C=O) groups excluding carboxylic acids is 2. The Hall–Kier alpha value is -3.42. The molecule has 0 aliphatic carbocycles. The minimum Gasteiger partial charge on any atom is -0.484 e. The van der Waals surface area contributed by atoms with E-state index in [1.165, 1.54) is 24.3 Å². The Morgan fingerprint density at radius 3 is 2.52 bits per heavy atom. The average Bonchev–Trinajstić information content (AvgIpc) is 2.67. The van der Waals surface area contributed by atoms with E-state index in [0.29, 0.717) is 11.4 Å². The molecule has 0 saturated carbocycles. The molecule has 2 amide bonds. The smallest absolute Gasteiger partial charge is 0.270 e. The van der Waals surface area contributed by atoms with Crippen LogP contribution in [0.15, 0.2) is 48.5 Å². The number of nitrogens with one attached hydrogen (secondary N) is 2. The summed E-state index contributed by atoms with van der Waals surface area (Å²) >= 11 is 0. The van der Waals surface area contributed by atoms with E-state index in [9.17, 15) is 19.7 Å². The number of ether oxygens (including phenoxy) is 1. The summed E-state index contributed by atoms with van der Waals surface area (Å²) in [6, 6.07) is 12.1. The molecule has 8 heteroatoms. The maximum atomic E-state index is 12.2. The number of nitro groups is 1. The maximum Gasteiger partial charge on any atom is 0.270 e. The fourth-order valence-corrected chi connectivity index (χ4v) is 2.17. The van der Waals surface area contributed by atoms with E-state index >= 15 is 0 Å². The van der Waals surface area contributed by atoms with E-state index in [4.69, 9.17) is 4.74 Å². The van der Waals surface area contributed by atoms with Crippen molar-refractivity contribution in [3.05, 3.63) is 64.2 Å². The summed E-state index contributed by atoms with van der Waals surface area (Å²) < 4.78 is 5.40. The van der Waals surface area contributed by atoms with E-state index in [1.54, 1.807) is 24.3 Å². The highest BCUT2D eigenvalue weighted by Gasteiger charge is 2.12. The first kappa shape index (κ1) is 19.9. The quantitative estimate of drug-likeness (QED) is 0.547. The fraction of sp³-hybridized carbons (Fsp3) is 0.263. The van der Waals surface area contributed by atoms with Gasteiger partial charge < -0.3 is 15.4 Å². The first-order valence-corrected chi connectivity index (χ1v) is 8.47. The normalized spacial score (nSPS) is 11.3.